The average molecular weight is 286 g/mol. The van der Waals surface area contributed by atoms with Gasteiger partial charge in [-0.15, -0.1) is 0 Å². The van der Waals surface area contributed by atoms with Crippen molar-refractivity contribution >= 4 is 27.3 Å². The smallest absolute Gasteiger partial charge is 0.150 e. The van der Waals surface area contributed by atoms with E-state index in [1.165, 1.54) is 6.07 Å². The van der Waals surface area contributed by atoms with Crippen molar-refractivity contribution in [2.75, 3.05) is 23.4 Å². The van der Waals surface area contributed by atoms with Gasteiger partial charge in [-0.2, -0.15) is 5.26 Å². The maximum Gasteiger partial charge on any atom is 0.150 e. The van der Waals surface area contributed by atoms with E-state index in [4.69, 9.17) is 16.9 Å². The zero-order valence-corrected chi connectivity index (χ0v) is 11.1. The summed E-state index contributed by atoms with van der Waals surface area (Å²) in [4.78, 5) is 4.03. The van der Waals surface area contributed by atoms with Crippen LogP contribution in [0.2, 0.25) is 5.15 Å². The van der Waals surface area contributed by atoms with E-state index in [1.54, 1.807) is 6.07 Å². The third-order valence-corrected chi connectivity index (χ3v) is 4.85. The molecule has 18 heavy (non-hydrogen) atoms. The van der Waals surface area contributed by atoms with Gasteiger partial charge in [-0.1, -0.05) is 11.6 Å². The Kier molecular flexibility index (Phi) is 3.73. The molecule has 1 saturated heterocycles. The van der Waals surface area contributed by atoms with Gasteiger partial charge < -0.3 is 5.32 Å². The molecule has 0 spiro atoms. The molecule has 1 aromatic rings. The number of hydrogen-bond donors (Lipinski definition) is 1. The van der Waals surface area contributed by atoms with Gasteiger partial charge in [-0.05, 0) is 24.5 Å². The Balaban J connectivity index is 1.99. The highest BCUT2D eigenvalue weighted by molar-refractivity contribution is 7.91. The molecule has 0 aliphatic carbocycles. The van der Waals surface area contributed by atoms with Gasteiger partial charge in [0.25, 0.3) is 0 Å². The largest absolute Gasteiger partial charge is 0.370 e. The van der Waals surface area contributed by atoms with Crippen LogP contribution in [0.1, 0.15) is 12.0 Å². The number of halogens is 1. The molecular formula is C11H12ClN3O2S. The second-order valence-corrected chi connectivity index (χ2v) is 6.94. The number of hydrogen-bond acceptors (Lipinski definition) is 5. The van der Waals surface area contributed by atoms with Crippen molar-refractivity contribution in [3.8, 4) is 6.07 Å². The zero-order valence-electron chi connectivity index (χ0n) is 9.56. The number of anilines is 1. The van der Waals surface area contributed by atoms with E-state index in [0.717, 1.165) is 0 Å². The first-order valence-corrected chi connectivity index (χ1v) is 7.70. The molecule has 1 atom stereocenters. The molecular weight excluding hydrogens is 274 g/mol. The fourth-order valence-corrected chi connectivity index (χ4v) is 4.00. The van der Waals surface area contributed by atoms with Gasteiger partial charge in [-0.25, -0.2) is 13.4 Å². The van der Waals surface area contributed by atoms with Crippen LogP contribution in [0.3, 0.4) is 0 Å². The first-order valence-electron chi connectivity index (χ1n) is 5.50. The minimum Gasteiger partial charge on any atom is -0.370 e. The van der Waals surface area contributed by atoms with Gasteiger partial charge in [-0.3, -0.25) is 0 Å². The van der Waals surface area contributed by atoms with Crippen LogP contribution in [0.15, 0.2) is 12.1 Å². The summed E-state index contributed by atoms with van der Waals surface area (Å²) in [5, 5.41) is 12.1. The second kappa shape index (κ2) is 5.12. The van der Waals surface area contributed by atoms with E-state index in [2.05, 4.69) is 10.3 Å². The van der Waals surface area contributed by atoms with Crippen LogP contribution in [0.5, 0.6) is 0 Å². The lowest BCUT2D eigenvalue weighted by molar-refractivity contribution is 0.595. The molecule has 1 aliphatic rings. The molecule has 0 amide bonds. The van der Waals surface area contributed by atoms with Gasteiger partial charge in [0.05, 0.1) is 23.1 Å². The molecule has 1 N–H and O–H groups in total. The highest BCUT2D eigenvalue weighted by Crippen LogP contribution is 2.20. The fourth-order valence-electron chi connectivity index (χ4n) is 1.93. The lowest BCUT2D eigenvalue weighted by atomic mass is 10.1. The fraction of sp³-hybridized carbons (Fsp3) is 0.455. The number of aromatic nitrogens is 1. The Bertz CT molecular complexity index is 595. The van der Waals surface area contributed by atoms with Crippen molar-refractivity contribution in [3.63, 3.8) is 0 Å². The molecule has 7 heteroatoms. The van der Waals surface area contributed by atoms with E-state index < -0.39 is 9.84 Å². The van der Waals surface area contributed by atoms with Crippen LogP contribution < -0.4 is 5.32 Å². The molecule has 0 radical (unpaired) electrons. The van der Waals surface area contributed by atoms with Crippen molar-refractivity contribution < 1.29 is 8.42 Å². The van der Waals surface area contributed by atoms with Gasteiger partial charge >= 0.3 is 0 Å². The maximum absolute atomic E-state index is 11.3. The van der Waals surface area contributed by atoms with Crippen LogP contribution in [-0.2, 0) is 9.84 Å². The maximum atomic E-state index is 11.3. The van der Waals surface area contributed by atoms with Crippen molar-refractivity contribution in [2.45, 2.75) is 6.42 Å². The van der Waals surface area contributed by atoms with Gasteiger partial charge in [0.1, 0.15) is 11.0 Å². The van der Waals surface area contributed by atoms with Crippen molar-refractivity contribution in [1.82, 2.24) is 4.98 Å². The molecule has 0 saturated carbocycles. The summed E-state index contributed by atoms with van der Waals surface area (Å²) in [6.45, 7) is 0.525. The number of rotatable bonds is 3. The molecule has 2 rings (SSSR count). The van der Waals surface area contributed by atoms with Gasteiger partial charge in [0, 0.05) is 6.54 Å². The highest BCUT2D eigenvalue weighted by Gasteiger charge is 2.27. The third-order valence-electron chi connectivity index (χ3n) is 2.82. The van der Waals surface area contributed by atoms with Crippen LogP contribution in [-0.4, -0.2) is 31.5 Å². The quantitative estimate of drug-likeness (QED) is 0.850. The molecule has 1 aromatic heterocycles. The Morgan fingerprint density at radius 2 is 2.33 bits per heavy atom. The van der Waals surface area contributed by atoms with E-state index in [0.29, 0.717) is 24.3 Å². The zero-order chi connectivity index (χ0) is 13.2. The van der Waals surface area contributed by atoms with Crippen LogP contribution in [0.4, 0.5) is 5.82 Å². The molecule has 1 unspecified atom stereocenters. The predicted molar refractivity (Wildman–Crippen MR) is 69.2 cm³/mol. The van der Waals surface area contributed by atoms with E-state index in [-0.39, 0.29) is 22.6 Å². The molecule has 1 aliphatic heterocycles. The Hall–Kier alpha value is -1.32. The van der Waals surface area contributed by atoms with Crippen molar-refractivity contribution in [1.29, 1.82) is 5.26 Å². The summed E-state index contributed by atoms with van der Waals surface area (Å²) < 4.78 is 22.6. The Labute approximate surface area is 111 Å². The SMILES string of the molecule is N#Cc1cc(Cl)nc(NCC2CCS(=O)(=O)C2)c1. The van der Waals surface area contributed by atoms with Gasteiger partial charge in [0.2, 0.25) is 0 Å². The van der Waals surface area contributed by atoms with Crippen LogP contribution >= 0.6 is 11.6 Å². The third kappa shape index (κ3) is 3.34. The minimum atomic E-state index is -2.86. The minimum absolute atomic E-state index is 0.0984. The summed E-state index contributed by atoms with van der Waals surface area (Å²) in [6.07, 6.45) is 0.668. The predicted octanol–water partition coefficient (Wildman–Crippen LogP) is 1.45. The topological polar surface area (TPSA) is 82.8 Å². The number of pyridine rings is 1. The number of nitriles is 1. The van der Waals surface area contributed by atoms with Crippen molar-refractivity contribution in [3.05, 3.63) is 22.8 Å². The summed E-state index contributed by atoms with van der Waals surface area (Å²) >= 11 is 5.77. The number of nitrogens with one attached hydrogen (secondary N) is 1. The summed E-state index contributed by atoms with van der Waals surface area (Å²) in [5.74, 6) is 1.07. The second-order valence-electron chi connectivity index (χ2n) is 4.33. The molecule has 96 valence electrons. The molecule has 1 fully saturated rings. The van der Waals surface area contributed by atoms with E-state index in [9.17, 15) is 8.42 Å². The summed E-state index contributed by atoms with van der Waals surface area (Å²) in [6, 6.07) is 5.06. The first kappa shape index (κ1) is 13.1. The normalized spacial score (nSPS) is 21.4. The monoisotopic (exact) mass is 285 g/mol. The van der Waals surface area contributed by atoms with Gasteiger partial charge in [0.15, 0.2) is 9.84 Å². The standard InChI is InChI=1S/C11H12ClN3O2S/c12-10-3-9(5-13)4-11(15-10)14-6-8-1-2-18(16,17)7-8/h3-4,8H,1-2,6-7H2,(H,14,15). The van der Waals surface area contributed by atoms with Crippen LogP contribution in [0, 0.1) is 17.2 Å². The lowest BCUT2D eigenvalue weighted by Gasteiger charge is -2.10. The molecule has 0 aromatic carbocycles. The molecule has 5 nitrogen and oxygen atoms in total. The first-order chi connectivity index (χ1) is 8.48. The number of nitrogens with zero attached hydrogens (tertiary/aromatic N) is 2. The Morgan fingerprint density at radius 1 is 1.56 bits per heavy atom. The Morgan fingerprint density at radius 3 is 2.94 bits per heavy atom. The lowest BCUT2D eigenvalue weighted by Crippen LogP contribution is -2.16. The molecule has 0 bridgehead atoms. The average Bonchev–Trinajstić information content (AvgIpc) is 2.65. The number of sulfone groups is 1. The highest BCUT2D eigenvalue weighted by atomic mass is 35.5. The van der Waals surface area contributed by atoms with Crippen molar-refractivity contribution in [2.24, 2.45) is 5.92 Å². The van der Waals surface area contributed by atoms with Crippen LogP contribution in [0.25, 0.3) is 0 Å². The summed E-state index contributed by atoms with van der Waals surface area (Å²) in [5.41, 5.74) is 0.427. The van der Waals surface area contributed by atoms with E-state index >= 15 is 0 Å². The molecule has 2 heterocycles. The summed E-state index contributed by atoms with van der Waals surface area (Å²) in [7, 11) is -2.86. The van der Waals surface area contributed by atoms with E-state index in [1.807, 2.05) is 6.07 Å².